The minimum atomic E-state index is -0.409. The quantitative estimate of drug-likeness (QED) is 0.199. The van der Waals surface area contributed by atoms with Crippen LogP contribution < -0.4 is 14.8 Å². The Hall–Kier alpha value is -3.63. The Morgan fingerprint density at radius 1 is 1.03 bits per heavy atom. The van der Waals surface area contributed by atoms with Gasteiger partial charge in [-0.25, -0.2) is 0 Å². The highest BCUT2D eigenvalue weighted by atomic mass is 127. The minimum Gasteiger partial charge on any atom is -0.493 e. The van der Waals surface area contributed by atoms with Gasteiger partial charge in [0.25, 0.3) is 11.8 Å². The smallest absolute Gasteiger partial charge is 0.279 e. The number of carbonyl (C=O) groups is 2. The predicted molar refractivity (Wildman–Crippen MR) is 156 cm³/mol. The van der Waals surface area contributed by atoms with Crippen molar-refractivity contribution < 1.29 is 19.1 Å². The lowest BCUT2D eigenvalue weighted by atomic mass is 10.1. The number of ether oxygens (including phenoxy) is 2. The summed E-state index contributed by atoms with van der Waals surface area (Å²) in [5.74, 6) is 0.483. The lowest BCUT2D eigenvalue weighted by Crippen LogP contribution is -2.20. The molecule has 4 aromatic rings. The van der Waals surface area contributed by atoms with E-state index in [2.05, 4.69) is 57.2 Å². The van der Waals surface area contributed by atoms with E-state index in [9.17, 15) is 9.59 Å². The largest absolute Gasteiger partial charge is 0.493 e. The number of amides is 2. The van der Waals surface area contributed by atoms with E-state index in [1.807, 2.05) is 36.4 Å². The highest BCUT2D eigenvalue weighted by molar-refractivity contribution is 14.1. The SMILES string of the molecule is COc1cc(/C=C2\SC(=NC(=O)c3ccccc3)NC2=O)cc(I)c1OCc1cccc2ccccc12. The summed E-state index contributed by atoms with van der Waals surface area (Å²) in [6.07, 6.45) is 1.74. The fourth-order valence-corrected chi connectivity index (χ4v) is 5.50. The van der Waals surface area contributed by atoms with Crippen molar-refractivity contribution >= 4 is 68.2 Å². The standard InChI is InChI=1S/C29H21IN2O4S/c1-35-24-15-18(16-25-28(34)32-29(37-25)31-27(33)20-9-3-2-4-10-20)14-23(30)26(24)36-17-21-12-7-11-19-8-5-6-13-22(19)21/h2-16H,17H2,1H3,(H,31,32,33,34)/b25-16-. The number of methoxy groups -OCH3 is 1. The third-order valence-electron chi connectivity index (χ3n) is 5.68. The molecule has 2 amide bonds. The molecule has 5 rings (SSSR count). The first-order valence-electron chi connectivity index (χ1n) is 11.4. The van der Waals surface area contributed by atoms with Gasteiger partial charge < -0.3 is 14.8 Å². The maximum Gasteiger partial charge on any atom is 0.279 e. The molecular formula is C29H21IN2O4S. The summed E-state index contributed by atoms with van der Waals surface area (Å²) in [4.78, 5) is 29.4. The van der Waals surface area contributed by atoms with Crippen molar-refractivity contribution in [2.75, 3.05) is 7.11 Å². The number of benzene rings is 4. The van der Waals surface area contributed by atoms with Gasteiger partial charge in [0.1, 0.15) is 6.61 Å². The molecule has 4 aromatic carbocycles. The van der Waals surface area contributed by atoms with Crippen LogP contribution >= 0.6 is 34.4 Å². The van der Waals surface area contributed by atoms with Crippen LogP contribution in [0.2, 0.25) is 0 Å². The Balaban J connectivity index is 1.35. The van der Waals surface area contributed by atoms with Gasteiger partial charge in [0, 0.05) is 5.56 Å². The van der Waals surface area contributed by atoms with Crippen molar-refractivity contribution in [2.45, 2.75) is 6.61 Å². The van der Waals surface area contributed by atoms with E-state index < -0.39 is 5.91 Å². The minimum absolute atomic E-state index is 0.252. The maximum absolute atomic E-state index is 12.5. The number of halogens is 1. The second kappa shape index (κ2) is 11.2. The van der Waals surface area contributed by atoms with Gasteiger partial charge in [-0.05, 0) is 86.6 Å². The number of hydrogen-bond donors (Lipinski definition) is 1. The monoisotopic (exact) mass is 620 g/mol. The Bertz CT molecular complexity index is 1560. The van der Waals surface area contributed by atoms with Crippen LogP contribution in [0.1, 0.15) is 21.5 Å². The first-order valence-corrected chi connectivity index (χ1v) is 13.3. The molecule has 0 radical (unpaired) electrons. The van der Waals surface area contributed by atoms with E-state index in [0.29, 0.717) is 28.6 Å². The fraction of sp³-hybridized carbons (Fsp3) is 0.0690. The third-order valence-corrected chi connectivity index (χ3v) is 7.39. The summed E-state index contributed by atoms with van der Waals surface area (Å²) < 4.78 is 12.7. The van der Waals surface area contributed by atoms with Crippen LogP contribution in [0, 0.1) is 3.57 Å². The number of hydrogen-bond acceptors (Lipinski definition) is 5. The molecule has 0 spiro atoms. The zero-order valence-corrected chi connectivity index (χ0v) is 22.7. The Morgan fingerprint density at radius 2 is 1.78 bits per heavy atom. The molecule has 1 saturated heterocycles. The summed E-state index contributed by atoms with van der Waals surface area (Å²) in [7, 11) is 1.59. The van der Waals surface area contributed by atoms with Gasteiger partial charge in [0.05, 0.1) is 15.6 Å². The highest BCUT2D eigenvalue weighted by Crippen LogP contribution is 2.37. The summed E-state index contributed by atoms with van der Waals surface area (Å²) in [5, 5.41) is 5.22. The zero-order chi connectivity index (χ0) is 25.8. The van der Waals surface area contributed by atoms with Gasteiger partial charge in [-0.15, -0.1) is 0 Å². The average Bonchev–Trinajstić information content (AvgIpc) is 3.26. The summed E-state index contributed by atoms with van der Waals surface area (Å²) in [6.45, 7) is 0.391. The average molecular weight is 620 g/mol. The van der Waals surface area contributed by atoms with Crippen molar-refractivity contribution in [3.63, 3.8) is 0 Å². The number of aliphatic imine (C=N–C) groups is 1. The van der Waals surface area contributed by atoms with Crippen molar-refractivity contribution in [1.29, 1.82) is 0 Å². The molecule has 0 aliphatic carbocycles. The Kier molecular flexibility index (Phi) is 7.57. The van der Waals surface area contributed by atoms with E-state index in [-0.39, 0.29) is 11.1 Å². The molecule has 37 heavy (non-hydrogen) atoms. The number of nitrogens with one attached hydrogen (secondary N) is 1. The predicted octanol–water partition coefficient (Wildman–Crippen LogP) is 6.43. The number of carbonyl (C=O) groups excluding carboxylic acids is 2. The van der Waals surface area contributed by atoms with Crippen molar-refractivity contribution in [3.8, 4) is 11.5 Å². The molecule has 0 aromatic heterocycles. The number of amidine groups is 1. The number of thioether (sulfide) groups is 1. The van der Waals surface area contributed by atoms with Gasteiger partial charge in [0.2, 0.25) is 0 Å². The number of nitrogens with zero attached hydrogens (tertiary/aromatic N) is 1. The molecule has 0 saturated carbocycles. The molecule has 1 fully saturated rings. The van der Waals surface area contributed by atoms with E-state index in [0.717, 1.165) is 37.2 Å². The first-order chi connectivity index (χ1) is 18.0. The molecular weight excluding hydrogens is 599 g/mol. The van der Waals surface area contributed by atoms with Crippen LogP contribution in [0.3, 0.4) is 0 Å². The highest BCUT2D eigenvalue weighted by Gasteiger charge is 2.25. The van der Waals surface area contributed by atoms with Crippen LogP contribution in [-0.4, -0.2) is 24.1 Å². The van der Waals surface area contributed by atoms with Gasteiger partial charge in [-0.1, -0.05) is 60.7 Å². The van der Waals surface area contributed by atoms with E-state index in [1.165, 1.54) is 0 Å². The molecule has 1 aliphatic rings. The molecule has 1 aliphatic heterocycles. The zero-order valence-electron chi connectivity index (χ0n) is 19.7. The summed E-state index contributed by atoms with van der Waals surface area (Å²) in [5.41, 5.74) is 2.31. The van der Waals surface area contributed by atoms with Crippen LogP contribution in [0.4, 0.5) is 0 Å². The van der Waals surface area contributed by atoms with Crippen LogP contribution in [0.15, 0.2) is 94.8 Å². The molecule has 6 nitrogen and oxygen atoms in total. The Morgan fingerprint density at radius 3 is 2.59 bits per heavy atom. The lowest BCUT2D eigenvalue weighted by molar-refractivity contribution is -0.115. The molecule has 184 valence electrons. The molecule has 0 unspecified atom stereocenters. The normalized spacial score (nSPS) is 15.2. The van der Waals surface area contributed by atoms with E-state index >= 15 is 0 Å². The molecule has 0 atom stereocenters. The summed E-state index contributed by atoms with van der Waals surface area (Å²) >= 11 is 3.33. The van der Waals surface area contributed by atoms with Crippen molar-refractivity contribution in [3.05, 3.63) is 110 Å². The Labute approximate surface area is 231 Å². The van der Waals surface area contributed by atoms with Crippen LogP contribution in [0.25, 0.3) is 16.8 Å². The number of fused-ring (bicyclic) bond motifs is 1. The fourth-order valence-electron chi connectivity index (χ4n) is 3.90. The maximum atomic E-state index is 12.5. The second-order valence-electron chi connectivity index (χ2n) is 8.11. The summed E-state index contributed by atoms with van der Waals surface area (Å²) in [6, 6.07) is 26.8. The third kappa shape index (κ3) is 5.70. The molecule has 8 heteroatoms. The lowest BCUT2D eigenvalue weighted by Gasteiger charge is -2.15. The van der Waals surface area contributed by atoms with E-state index in [4.69, 9.17) is 9.47 Å². The molecule has 1 N–H and O–H groups in total. The second-order valence-corrected chi connectivity index (χ2v) is 10.3. The van der Waals surface area contributed by atoms with Crippen molar-refractivity contribution in [2.24, 2.45) is 4.99 Å². The van der Waals surface area contributed by atoms with Gasteiger partial charge >= 0.3 is 0 Å². The van der Waals surface area contributed by atoms with Crippen molar-refractivity contribution in [1.82, 2.24) is 5.32 Å². The molecule has 1 heterocycles. The van der Waals surface area contributed by atoms with Gasteiger partial charge in [-0.3, -0.25) is 9.59 Å². The van der Waals surface area contributed by atoms with Gasteiger partial charge in [0.15, 0.2) is 16.7 Å². The van der Waals surface area contributed by atoms with Gasteiger partial charge in [-0.2, -0.15) is 4.99 Å². The number of rotatable bonds is 6. The first kappa shape index (κ1) is 25.0. The topological polar surface area (TPSA) is 77.0 Å². The van der Waals surface area contributed by atoms with Crippen LogP contribution in [-0.2, 0) is 11.4 Å². The molecule has 0 bridgehead atoms. The van der Waals surface area contributed by atoms with E-state index in [1.54, 1.807) is 37.5 Å². The van der Waals surface area contributed by atoms with Crippen LogP contribution in [0.5, 0.6) is 11.5 Å².